The van der Waals surface area contributed by atoms with Gasteiger partial charge in [-0.05, 0) is 32.0 Å². The fraction of sp³-hybridized carbons (Fsp3) is 0.316. The van der Waals surface area contributed by atoms with Gasteiger partial charge >= 0.3 is 18.4 Å². The molecule has 0 radical (unpaired) electrons. The number of aryl methyl sites for hydroxylation is 1. The number of carbonyl (C=O) groups is 2. The number of halogens is 3. The smallest absolute Gasteiger partial charge is 0.431 e. The first-order valence-corrected chi connectivity index (χ1v) is 9.00. The highest BCUT2D eigenvalue weighted by Crippen LogP contribution is 2.40. The number of ether oxygens (including phenoxy) is 2. The van der Waals surface area contributed by atoms with Crippen LogP contribution in [0.4, 0.5) is 28.4 Å². The van der Waals surface area contributed by atoms with E-state index in [-0.39, 0.29) is 24.6 Å². The number of hydrogen-bond donors (Lipinski definition) is 0. The van der Waals surface area contributed by atoms with Crippen LogP contribution >= 0.6 is 0 Å². The van der Waals surface area contributed by atoms with Crippen LogP contribution in [0.5, 0.6) is 0 Å². The third-order valence-electron chi connectivity index (χ3n) is 4.34. The molecule has 0 aliphatic carbocycles. The summed E-state index contributed by atoms with van der Waals surface area (Å²) in [6.45, 7) is 3.27. The van der Waals surface area contributed by atoms with E-state index in [1.807, 2.05) is 0 Å². The molecule has 2 heterocycles. The third kappa shape index (κ3) is 3.75. The maximum atomic E-state index is 13.0. The molecule has 0 saturated heterocycles. The van der Waals surface area contributed by atoms with E-state index >= 15 is 0 Å². The van der Waals surface area contributed by atoms with E-state index in [4.69, 9.17) is 14.3 Å². The van der Waals surface area contributed by atoms with Crippen molar-refractivity contribution in [1.29, 1.82) is 0 Å². The minimum absolute atomic E-state index is 0.0409. The molecule has 1 unspecified atom stereocenters. The molecule has 160 valence electrons. The number of aromatic nitrogens is 2. The van der Waals surface area contributed by atoms with Gasteiger partial charge in [-0.2, -0.15) is 27.9 Å². The minimum Gasteiger partial charge on any atom is -0.431 e. The predicted octanol–water partition coefficient (Wildman–Crippen LogP) is 4.64. The lowest BCUT2D eigenvalue weighted by atomic mass is 10.1. The Morgan fingerprint density at radius 1 is 1.13 bits per heavy atom. The molecule has 3 rings (SSSR count). The second kappa shape index (κ2) is 7.82. The van der Waals surface area contributed by atoms with Gasteiger partial charge in [-0.1, -0.05) is 0 Å². The van der Waals surface area contributed by atoms with Crippen LogP contribution in [-0.2, 0) is 27.5 Å². The average molecular weight is 426 g/mol. The molecular weight excluding hydrogens is 407 g/mol. The molecule has 30 heavy (non-hydrogen) atoms. The largest absolute Gasteiger partial charge is 0.570 e. The fourth-order valence-corrected chi connectivity index (χ4v) is 3.05. The predicted molar refractivity (Wildman–Crippen MR) is 99.6 cm³/mol. The fourth-order valence-electron chi connectivity index (χ4n) is 3.05. The number of carbonyl (C=O) groups excluding carboxylic acids is 2. The van der Waals surface area contributed by atoms with Crippen molar-refractivity contribution in [3.63, 3.8) is 0 Å². The molecule has 1 amide bonds. The Hall–Kier alpha value is -3.34. The van der Waals surface area contributed by atoms with E-state index in [0.717, 1.165) is 10.7 Å². The number of rotatable bonds is 3. The summed E-state index contributed by atoms with van der Waals surface area (Å²) in [6.07, 6.45) is -3.71. The second-order valence-electron chi connectivity index (χ2n) is 6.26. The van der Waals surface area contributed by atoms with Crippen LogP contribution in [-0.4, -0.2) is 35.2 Å². The maximum Gasteiger partial charge on any atom is 0.570 e. The van der Waals surface area contributed by atoms with Crippen molar-refractivity contribution in [3.05, 3.63) is 41.7 Å². The van der Waals surface area contributed by atoms with E-state index in [1.54, 1.807) is 19.9 Å². The van der Waals surface area contributed by atoms with Crippen molar-refractivity contribution in [1.82, 2.24) is 14.4 Å². The Balaban J connectivity index is 2.03. The Labute approximate surface area is 169 Å². The molecule has 0 saturated carbocycles. The normalized spacial score (nSPS) is 17.5. The van der Waals surface area contributed by atoms with E-state index in [2.05, 4.69) is 5.10 Å². The number of hydrogen-bond acceptors (Lipinski definition) is 6. The summed E-state index contributed by atoms with van der Waals surface area (Å²) in [7, 11) is 1.40. The summed E-state index contributed by atoms with van der Waals surface area (Å²) in [4.78, 5) is 29.8. The van der Waals surface area contributed by atoms with Crippen LogP contribution in [0, 0.1) is 0 Å². The number of quaternary nitrogens is 1. The van der Waals surface area contributed by atoms with Crippen LogP contribution in [0.2, 0.25) is 0 Å². The first-order chi connectivity index (χ1) is 14.1. The molecule has 1 aliphatic rings. The molecule has 1 aromatic carbocycles. The minimum atomic E-state index is -4.57. The molecule has 0 spiro atoms. The van der Waals surface area contributed by atoms with E-state index < -0.39 is 28.8 Å². The van der Waals surface area contributed by atoms with Crippen molar-refractivity contribution in [2.45, 2.75) is 20.0 Å². The van der Waals surface area contributed by atoms with Gasteiger partial charge in [0.2, 0.25) is 0 Å². The van der Waals surface area contributed by atoms with Crippen molar-refractivity contribution < 1.29 is 37.1 Å². The molecule has 1 aromatic heterocycles. The number of alkyl halides is 3. The topological polar surface area (TPSA) is 79.7 Å². The van der Waals surface area contributed by atoms with E-state index in [9.17, 15) is 22.8 Å². The summed E-state index contributed by atoms with van der Waals surface area (Å²) < 4.78 is 48.8. The number of hydroxylamine groups is 2. The Morgan fingerprint density at radius 2 is 1.83 bits per heavy atom. The van der Waals surface area contributed by atoms with Gasteiger partial charge < -0.3 is 9.47 Å². The Bertz CT molecular complexity index is 1020. The number of nitrogens with zero attached hydrogens (tertiary/aromatic N) is 3. The first kappa shape index (κ1) is 21.4. The van der Waals surface area contributed by atoms with Crippen LogP contribution < -0.4 is 4.65 Å². The van der Waals surface area contributed by atoms with Crippen LogP contribution in [0.15, 0.2) is 30.5 Å². The summed E-state index contributed by atoms with van der Waals surface area (Å²) in [6, 6.07) is 5.48. The molecule has 1 aliphatic heterocycles. The second-order valence-corrected chi connectivity index (χ2v) is 6.26. The Morgan fingerprint density at radius 3 is 2.43 bits per heavy atom. The lowest BCUT2D eigenvalue weighted by Crippen LogP contribution is -2.50. The molecule has 0 bridgehead atoms. The number of fused-ring (bicyclic) bond motifs is 1. The van der Waals surface area contributed by atoms with Gasteiger partial charge in [-0.15, -0.1) is 0 Å². The van der Waals surface area contributed by atoms with Crippen LogP contribution in [0.3, 0.4) is 0 Å². The molecule has 0 fully saturated rings. The summed E-state index contributed by atoms with van der Waals surface area (Å²) >= 11 is 0. The van der Waals surface area contributed by atoms with Gasteiger partial charge in [0, 0.05) is 35.0 Å². The average Bonchev–Trinajstić information content (AvgIpc) is 3.23. The number of benzene rings is 1. The molecule has 1 atom stereocenters. The monoisotopic (exact) mass is 426 g/mol. The molecule has 8 nitrogen and oxygen atoms in total. The van der Waals surface area contributed by atoms with Gasteiger partial charge in [-0.25, -0.2) is 4.84 Å². The van der Waals surface area contributed by atoms with E-state index in [1.165, 1.54) is 31.5 Å². The van der Waals surface area contributed by atoms with Crippen molar-refractivity contribution in [2.24, 2.45) is 7.05 Å². The lowest BCUT2D eigenvalue weighted by Gasteiger charge is -2.23. The maximum absolute atomic E-state index is 13.0. The highest BCUT2D eigenvalue weighted by Gasteiger charge is 2.51. The van der Waals surface area contributed by atoms with Gasteiger partial charge in [0.1, 0.15) is 0 Å². The summed E-state index contributed by atoms with van der Waals surface area (Å²) in [5.74, 6) is 0. The van der Waals surface area contributed by atoms with Gasteiger partial charge in [0.25, 0.3) is 0 Å². The highest BCUT2D eigenvalue weighted by atomic mass is 19.4. The summed E-state index contributed by atoms with van der Waals surface area (Å²) in [5, 5.41) is 3.50. The van der Waals surface area contributed by atoms with Crippen molar-refractivity contribution in [2.75, 3.05) is 13.2 Å². The first-order valence-electron chi connectivity index (χ1n) is 9.00. The van der Waals surface area contributed by atoms with Crippen LogP contribution in [0.1, 0.15) is 25.1 Å². The quantitative estimate of drug-likeness (QED) is 0.526. The number of amides is 1. The lowest BCUT2D eigenvalue weighted by molar-refractivity contribution is -0.141. The molecule has 11 heteroatoms. The zero-order valence-electron chi connectivity index (χ0n) is 16.4. The van der Waals surface area contributed by atoms with Gasteiger partial charge in [0.05, 0.1) is 18.9 Å². The summed E-state index contributed by atoms with van der Waals surface area (Å²) in [5.41, 5.74) is 0.358. The standard InChI is InChI=1S/C19H19F3N3O5/c1-4-28-17(26)25(30-18(27)29-5-2)9-8-13-10-12(6-7-15(13)25)14-11-16(19(20,21)22)23-24(14)3/h6-11H,4-5H2,1-3H3/q+1. The van der Waals surface area contributed by atoms with E-state index in [0.29, 0.717) is 11.1 Å². The molecular formula is C19H19F3N3O5+. The van der Waals surface area contributed by atoms with Crippen LogP contribution in [0.25, 0.3) is 17.3 Å². The molecule has 2 aromatic rings. The van der Waals surface area contributed by atoms with Crippen molar-refractivity contribution >= 4 is 24.0 Å². The third-order valence-corrected chi connectivity index (χ3v) is 4.34. The molecule has 0 N–H and O–H groups in total. The van der Waals surface area contributed by atoms with Gasteiger partial charge in [0.15, 0.2) is 17.6 Å². The Kier molecular flexibility index (Phi) is 5.57. The SMILES string of the molecule is CCOC(=O)O[N+]1(C(=O)OCC)C=Cc2cc(-c3cc(C(F)(F)F)nn3C)ccc21. The zero-order valence-corrected chi connectivity index (χ0v) is 16.4. The van der Waals surface area contributed by atoms with Crippen molar-refractivity contribution in [3.8, 4) is 11.3 Å². The zero-order chi connectivity index (χ0) is 22.1. The highest BCUT2D eigenvalue weighted by molar-refractivity contribution is 5.92. The van der Waals surface area contributed by atoms with Gasteiger partial charge in [-0.3, -0.25) is 4.68 Å².